The smallest absolute Gasteiger partial charge is 0.254 e. The first-order valence-electron chi connectivity index (χ1n) is 7.48. The molecule has 0 spiro atoms. The van der Waals surface area contributed by atoms with Gasteiger partial charge in [0, 0.05) is 29.4 Å². The maximum Gasteiger partial charge on any atom is 0.254 e. The van der Waals surface area contributed by atoms with Gasteiger partial charge >= 0.3 is 0 Å². The van der Waals surface area contributed by atoms with Crippen LogP contribution in [0.5, 0.6) is 0 Å². The normalized spacial score (nSPS) is 18.3. The Hall–Kier alpha value is -1.99. The van der Waals surface area contributed by atoms with Crippen LogP contribution < -0.4 is 0 Å². The molecule has 1 atom stereocenters. The lowest BCUT2D eigenvalue weighted by molar-refractivity contribution is 0.0699. The average molecular weight is 345 g/mol. The molecule has 3 aromatic rings. The Morgan fingerprint density at radius 3 is 2.87 bits per heavy atom. The highest BCUT2D eigenvalue weighted by atomic mass is 32.1. The van der Waals surface area contributed by atoms with Crippen LogP contribution in [0.1, 0.15) is 35.0 Å². The predicted octanol–water partition coefficient (Wildman–Crippen LogP) is 3.88. The summed E-state index contributed by atoms with van der Waals surface area (Å²) in [6.45, 7) is 1.43. The van der Waals surface area contributed by atoms with Crippen molar-refractivity contribution in [3.05, 3.63) is 45.1 Å². The van der Waals surface area contributed by atoms with Gasteiger partial charge in [0.1, 0.15) is 0 Å². The first-order chi connectivity index (χ1) is 11.3. The average Bonchev–Trinajstić information content (AvgIpc) is 3.36. The second-order valence-corrected chi connectivity index (χ2v) is 7.12. The molecule has 1 unspecified atom stereocenters. The Balaban J connectivity index is 1.50. The van der Waals surface area contributed by atoms with E-state index in [9.17, 15) is 4.79 Å². The molecule has 4 rings (SSSR count). The van der Waals surface area contributed by atoms with E-state index in [1.54, 1.807) is 22.7 Å². The van der Waals surface area contributed by atoms with E-state index in [-0.39, 0.29) is 11.8 Å². The van der Waals surface area contributed by atoms with Gasteiger partial charge in [0.05, 0.1) is 11.5 Å². The SMILES string of the molecule is O=C(c1ccsc1)N1CCCC(c2nnc(-c3ccsc3)o2)C1. The van der Waals surface area contributed by atoms with Crippen molar-refractivity contribution in [2.24, 2.45) is 0 Å². The maximum atomic E-state index is 12.5. The third-order valence-electron chi connectivity index (χ3n) is 4.03. The molecular weight excluding hydrogens is 330 g/mol. The van der Waals surface area contributed by atoms with E-state index in [2.05, 4.69) is 10.2 Å². The molecule has 1 aliphatic rings. The summed E-state index contributed by atoms with van der Waals surface area (Å²) in [6, 6.07) is 3.84. The van der Waals surface area contributed by atoms with E-state index in [4.69, 9.17) is 4.42 Å². The van der Waals surface area contributed by atoms with Crippen LogP contribution >= 0.6 is 22.7 Å². The zero-order valence-corrected chi connectivity index (χ0v) is 14.0. The number of rotatable bonds is 3. The van der Waals surface area contributed by atoms with Crippen molar-refractivity contribution in [1.82, 2.24) is 15.1 Å². The summed E-state index contributed by atoms with van der Waals surface area (Å²) >= 11 is 3.15. The van der Waals surface area contributed by atoms with Gasteiger partial charge in [0.15, 0.2) is 0 Å². The molecule has 0 aliphatic carbocycles. The Bertz CT molecular complexity index is 780. The number of likely N-dealkylation sites (tertiary alicyclic amines) is 1. The highest BCUT2D eigenvalue weighted by molar-refractivity contribution is 7.08. The fraction of sp³-hybridized carbons (Fsp3) is 0.312. The zero-order valence-electron chi connectivity index (χ0n) is 12.3. The number of carbonyl (C=O) groups is 1. The highest BCUT2D eigenvalue weighted by Gasteiger charge is 2.29. The number of carbonyl (C=O) groups excluding carboxylic acids is 1. The monoisotopic (exact) mass is 345 g/mol. The van der Waals surface area contributed by atoms with E-state index in [0.29, 0.717) is 18.3 Å². The van der Waals surface area contributed by atoms with Crippen molar-refractivity contribution in [1.29, 1.82) is 0 Å². The largest absolute Gasteiger partial charge is 0.420 e. The summed E-state index contributed by atoms with van der Waals surface area (Å²) in [5.74, 6) is 1.40. The highest BCUT2D eigenvalue weighted by Crippen LogP contribution is 2.29. The van der Waals surface area contributed by atoms with Gasteiger partial charge in [0.2, 0.25) is 11.8 Å². The van der Waals surface area contributed by atoms with Crippen LogP contribution in [-0.4, -0.2) is 34.1 Å². The molecule has 0 saturated carbocycles. The van der Waals surface area contributed by atoms with E-state index in [0.717, 1.165) is 30.5 Å². The zero-order chi connectivity index (χ0) is 15.6. The van der Waals surface area contributed by atoms with Gasteiger partial charge in [-0.05, 0) is 35.7 Å². The lowest BCUT2D eigenvalue weighted by Gasteiger charge is -2.30. The second-order valence-electron chi connectivity index (χ2n) is 5.56. The van der Waals surface area contributed by atoms with Crippen molar-refractivity contribution in [2.45, 2.75) is 18.8 Å². The fourth-order valence-corrected chi connectivity index (χ4v) is 4.09. The third kappa shape index (κ3) is 2.94. The number of aromatic nitrogens is 2. The van der Waals surface area contributed by atoms with Gasteiger partial charge in [-0.3, -0.25) is 4.79 Å². The first kappa shape index (κ1) is 14.6. The lowest BCUT2D eigenvalue weighted by Crippen LogP contribution is -2.39. The van der Waals surface area contributed by atoms with E-state index < -0.39 is 0 Å². The molecule has 1 fully saturated rings. The summed E-state index contributed by atoms with van der Waals surface area (Å²) < 4.78 is 5.83. The maximum absolute atomic E-state index is 12.5. The Morgan fingerprint density at radius 2 is 2.09 bits per heavy atom. The van der Waals surface area contributed by atoms with Crippen molar-refractivity contribution in [3.8, 4) is 11.5 Å². The van der Waals surface area contributed by atoms with Gasteiger partial charge in [-0.15, -0.1) is 10.2 Å². The van der Waals surface area contributed by atoms with Crippen LogP contribution in [-0.2, 0) is 0 Å². The molecule has 5 nitrogen and oxygen atoms in total. The molecule has 23 heavy (non-hydrogen) atoms. The van der Waals surface area contributed by atoms with E-state index in [1.165, 1.54) is 0 Å². The van der Waals surface area contributed by atoms with Crippen LogP contribution in [0.3, 0.4) is 0 Å². The van der Waals surface area contributed by atoms with Crippen LogP contribution in [0, 0.1) is 0 Å². The minimum atomic E-state index is 0.0912. The van der Waals surface area contributed by atoms with Crippen LogP contribution in [0.4, 0.5) is 0 Å². The Kier molecular flexibility index (Phi) is 3.97. The minimum Gasteiger partial charge on any atom is -0.420 e. The van der Waals surface area contributed by atoms with E-state index in [1.807, 2.05) is 38.6 Å². The Morgan fingerprint density at radius 1 is 1.22 bits per heavy atom. The molecule has 4 heterocycles. The summed E-state index contributed by atoms with van der Waals surface area (Å²) in [5, 5.41) is 16.2. The number of hydrogen-bond donors (Lipinski definition) is 0. The summed E-state index contributed by atoms with van der Waals surface area (Å²) in [5.41, 5.74) is 1.72. The molecular formula is C16H15N3O2S2. The Labute approximate surface area is 141 Å². The van der Waals surface area contributed by atoms with Gasteiger partial charge in [-0.2, -0.15) is 22.7 Å². The standard InChI is InChI=1S/C16H15N3O2S2/c20-16(13-4-7-23-10-13)19-5-1-2-11(8-19)14-17-18-15(21-14)12-3-6-22-9-12/h3-4,6-7,9-11H,1-2,5,8H2. The topological polar surface area (TPSA) is 59.2 Å². The number of hydrogen-bond acceptors (Lipinski definition) is 6. The fourth-order valence-electron chi connectivity index (χ4n) is 2.83. The molecule has 1 aliphatic heterocycles. The molecule has 118 valence electrons. The molecule has 0 radical (unpaired) electrons. The molecule has 0 N–H and O–H groups in total. The molecule has 1 saturated heterocycles. The summed E-state index contributed by atoms with van der Waals surface area (Å²) in [6.07, 6.45) is 1.93. The van der Waals surface area contributed by atoms with Gasteiger partial charge in [-0.25, -0.2) is 0 Å². The minimum absolute atomic E-state index is 0.0912. The second kappa shape index (κ2) is 6.25. The summed E-state index contributed by atoms with van der Waals surface area (Å²) in [7, 11) is 0. The molecule has 0 aromatic carbocycles. The van der Waals surface area contributed by atoms with Crippen molar-refractivity contribution >= 4 is 28.6 Å². The number of amides is 1. The van der Waals surface area contributed by atoms with Gasteiger partial charge < -0.3 is 9.32 Å². The number of nitrogens with zero attached hydrogens (tertiary/aromatic N) is 3. The third-order valence-corrected chi connectivity index (χ3v) is 5.40. The van der Waals surface area contributed by atoms with Crippen molar-refractivity contribution in [3.63, 3.8) is 0 Å². The quantitative estimate of drug-likeness (QED) is 0.723. The first-order valence-corrected chi connectivity index (χ1v) is 9.37. The molecule has 0 bridgehead atoms. The summed E-state index contributed by atoms with van der Waals surface area (Å²) in [4.78, 5) is 14.4. The molecule has 3 aromatic heterocycles. The van der Waals surface area contributed by atoms with E-state index >= 15 is 0 Å². The number of piperidine rings is 1. The molecule has 1 amide bonds. The predicted molar refractivity (Wildman–Crippen MR) is 89.8 cm³/mol. The van der Waals surface area contributed by atoms with Crippen molar-refractivity contribution < 1.29 is 9.21 Å². The van der Waals surface area contributed by atoms with Crippen LogP contribution in [0.15, 0.2) is 38.1 Å². The molecule has 7 heteroatoms. The number of thiophene rings is 2. The van der Waals surface area contributed by atoms with Crippen LogP contribution in [0.2, 0.25) is 0 Å². The lowest BCUT2D eigenvalue weighted by atomic mass is 9.97. The van der Waals surface area contributed by atoms with Crippen LogP contribution in [0.25, 0.3) is 11.5 Å². The van der Waals surface area contributed by atoms with Crippen molar-refractivity contribution in [2.75, 3.05) is 13.1 Å². The van der Waals surface area contributed by atoms with Gasteiger partial charge in [-0.1, -0.05) is 0 Å². The van der Waals surface area contributed by atoms with Gasteiger partial charge in [0.25, 0.3) is 5.91 Å².